The molecule has 1 rings (SSSR count). The lowest BCUT2D eigenvalue weighted by Crippen LogP contribution is -2.30. The number of ether oxygens (including phenoxy) is 2. The Morgan fingerprint density at radius 3 is 2.64 bits per heavy atom. The Bertz CT molecular complexity index is 97.7. The van der Waals surface area contributed by atoms with Gasteiger partial charge in [-0.3, -0.25) is 0 Å². The molecule has 1 aliphatic rings. The molecule has 0 N–H and O–H groups in total. The van der Waals surface area contributed by atoms with Crippen molar-refractivity contribution in [2.45, 2.75) is 32.5 Å². The Morgan fingerprint density at radius 1 is 1.45 bits per heavy atom. The van der Waals surface area contributed by atoms with Crippen LogP contribution in [0.1, 0.15) is 26.2 Å². The molecule has 0 spiro atoms. The Labute approximate surface area is 68.9 Å². The molecule has 11 heavy (non-hydrogen) atoms. The van der Waals surface area contributed by atoms with Crippen LogP contribution >= 0.6 is 0 Å². The Kier molecular flexibility index (Phi) is 3.87. The molecule has 0 bridgehead atoms. The molecular formula is C9H17O2. The zero-order valence-corrected chi connectivity index (χ0v) is 7.21. The average molecular weight is 157 g/mol. The summed E-state index contributed by atoms with van der Waals surface area (Å²) < 4.78 is 10.9. The topological polar surface area (TPSA) is 18.5 Å². The lowest BCUT2D eigenvalue weighted by molar-refractivity contribution is -0.202. The summed E-state index contributed by atoms with van der Waals surface area (Å²) in [6.07, 6.45) is 3.12. The highest BCUT2D eigenvalue weighted by atomic mass is 16.7. The smallest absolute Gasteiger partial charge is 0.160 e. The van der Waals surface area contributed by atoms with E-state index in [9.17, 15) is 0 Å². The first-order valence-corrected chi connectivity index (χ1v) is 4.37. The van der Waals surface area contributed by atoms with E-state index in [1.807, 2.05) is 0 Å². The lowest BCUT2D eigenvalue weighted by Gasteiger charge is -2.27. The van der Waals surface area contributed by atoms with Crippen LogP contribution in [-0.4, -0.2) is 19.5 Å². The number of rotatable bonds is 3. The van der Waals surface area contributed by atoms with E-state index in [0.717, 1.165) is 32.5 Å². The molecule has 1 aliphatic heterocycles. The standard InChI is InChI=1S/C9H17O2/c1-3-5-8(2)9-10-6-4-7-11-9/h8-9H,1,3-7H2,2H3. The van der Waals surface area contributed by atoms with Gasteiger partial charge in [-0.25, -0.2) is 0 Å². The van der Waals surface area contributed by atoms with Gasteiger partial charge in [0, 0.05) is 5.92 Å². The van der Waals surface area contributed by atoms with Crippen LogP contribution in [0.2, 0.25) is 0 Å². The highest BCUT2D eigenvalue weighted by molar-refractivity contribution is 4.61. The molecule has 2 nitrogen and oxygen atoms in total. The summed E-state index contributed by atoms with van der Waals surface area (Å²) in [4.78, 5) is 0. The van der Waals surface area contributed by atoms with Crippen LogP contribution in [0.5, 0.6) is 0 Å². The van der Waals surface area contributed by atoms with Crippen LogP contribution in [0.15, 0.2) is 0 Å². The van der Waals surface area contributed by atoms with E-state index < -0.39 is 0 Å². The summed E-state index contributed by atoms with van der Waals surface area (Å²) in [5.41, 5.74) is 0. The van der Waals surface area contributed by atoms with Gasteiger partial charge in [0.1, 0.15) is 0 Å². The highest BCUT2D eigenvalue weighted by Crippen LogP contribution is 2.18. The fourth-order valence-corrected chi connectivity index (χ4v) is 1.29. The summed E-state index contributed by atoms with van der Waals surface area (Å²) >= 11 is 0. The third kappa shape index (κ3) is 2.80. The quantitative estimate of drug-likeness (QED) is 0.623. The van der Waals surface area contributed by atoms with E-state index in [1.54, 1.807) is 0 Å². The molecule has 0 amide bonds. The maximum Gasteiger partial charge on any atom is 0.160 e. The Balaban J connectivity index is 2.21. The van der Waals surface area contributed by atoms with Crippen LogP contribution in [0.3, 0.4) is 0 Å². The maximum atomic E-state index is 5.44. The molecule has 1 saturated heterocycles. The van der Waals surface area contributed by atoms with E-state index >= 15 is 0 Å². The molecule has 2 heteroatoms. The predicted molar refractivity (Wildman–Crippen MR) is 44.1 cm³/mol. The second kappa shape index (κ2) is 4.73. The molecule has 1 atom stereocenters. The summed E-state index contributed by atoms with van der Waals surface area (Å²) in [5, 5.41) is 0. The van der Waals surface area contributed by atoms with Gasteiger partial charge in [-0.1, -0.05) is 20.3 Å². The van der Waals surface area contributed by atoms with Crippen molar-refractivity contribution in [1.29, 1.82) is 0 Å². The molecule has 1 radical (unpaired) electrons. The first-order valence-electron chi connectivity index (χ1n) is 4.37. The fraction of sp³-hybridized carbons (Fsp3) is 0.889. The van der Waals surface area contributed by atoms with Crippen LogP contribution in [0.4, 0.5) is 0 Å². The van der Waals surface area contributed by atoms with E-state index in [-0.39, 0.29) is 6.29 Å². The zero-order valence-electron chi connectivity index (χ0n) is 7.21. The Morgan fingerprint density at radius 2 is 2.09 bits per heavy atom. The second-order valence-electron chi connectivity index (χ2n) is 3.08. The predicted octanol–water partition coefficient (Wildman–Crippen LogP) is 2.00. The van der Waals surface area contributed by atoms with Gasteiger partial charge in [0.25, 0.3) is 0 Å². The first-order chi connectivity index (χ1) is 5.34. The number of hydrogen-bond donors (Lipinski definition) is 0. The molecule has 0 aromatic rings. The lowest BCUT2D eigenvalue weighted by atomic mass is 10.1. The molecule has 0 aromatic heterocycles. The second-order valence-corrected chi connectivity index (χ2v) is 3.08. The van der Waals surface area contributed by atoms with Gasteiger partial charge in [0.2, 0.25) is 0 Å². The zero-order chi connectivity index (χ0) is 8.10. The SMILES string of the molecule is [CH2]CCC(C)C1OCCCO1. The minimum atomic E-state index is 0.0329. The number of hydrogen-bond acceptors (Lipinski definition) is 2. The molecule has 0 aromatic carbocycles. The van der Waals surface area contributed by atoms with E-state index in [1.165, 1.54) is 0 Å². The van der Waals surface area contributed by atoms with Crippen LogP contribution in [0, 0.1) is 12.8 Å². The summed E-state index contributed by atoms with van der Waals surface area (Å²) in [5.74, 6) is 0.493. The van der Waals surface area contributed by atoms with Crippen molar-refractivity contribution in [1.82, 2.24) is 0 Å². The van der Waals surface area contributed by atoms with Gasteiger partial charge >= 0.3 is 0 Å². The molecule has 65 valence electrons. The van der Waals surface area contributed by atoms with Crippen LogP contribution in [0.25, 0.3) is 0 Å². The first kappa shape index (κ1) is 9.01. The van der Waals surface area contributed by atoms with Crippen LogP contribution in [-0.2, 0) is 9.47 Å². The van der Waals surface area contributed by atoms with Gasteiger partial charge in [-0.2, -0.15) is 0 Å². The maximum absolute atomic E-state index is 5.44. The molecule has 1 unspecified atom stereocenters. The third-order valence-corrected chi connectivity index (χ3v) is 1.98. The monoisotopic (exact) mass is 157 g/mol. The molecule has 1 fully saturated rings. The molecule has 0 aliphatic carbocycles. The van der Waals surface area contributed by atoms with E-state index in [4.69, 9.17) is 9.47 Å². The molecule has 1 heterocycles. The van der Waals surface area contributed by atoms with Crippen molar-refractivity contribution in [3.63, 3.8) is 0 Å². The van der Waals surface area contributed by atoms with Gasteiger partial charge in [0.15, 0.2) is 6.29 Å². The summed E-state index contributed by atoms with van der Waals surface area (Å²) in [6.45, 7) is 7.67. The average Bonchev–Trinajstić information content (AvgIpc) is 2.07. The van der Waals surface area contributed by atoms with Crippen molar-refractivity contribution < 1.29 is 9.47 Å². The fourth-order valence-electron chi connectivity index (χ4n) is 1.29. The minimum absolute atomic E-state index is 0.0329. The normalized spacial score (nSPS) is 23.5. The van der Waals surface area contributed by atoms with Crippen LogP contribution < -0.4 is 0 Å². The largest absolute Gasteiger partial charge is 0.352 e. The molecular weight excluding hydrogens is 140 g/mol. The van der Waals surface area contributed by atoms with E-state index in [0.29, 0.717) is 5.92 Å². The highest BCUT2D eigenvalue weighted by Gasteiger charge is 2.20. The van der Waals surface area contributed by atoms with Crippen molar-refractivity contribution in [3.05, 3.63) is 6.92 Å². The minimum Gasteiger partial charge on any atom is -0.352 e. The van der Waals surface area contributed by atoms with Gasteiger partial charge in [-0.05, 0) is 12.8 Å². The summed E-state index contributed by atoms with van der Waals surface area (Å²) in [6, 6.07) is 0. The van der Waals surface area contributed by atoms with Gasteiger partial charge in [-0.15, -0.1) is 0 Å². The van der Waals surface area contributed by atoms with Crippen molar-refractivity contribution >= 4 is 0 Å². The third-order valence-electron chi connectivity index (χ3n) is 1.98. The summed E-state index contributed by atoms with van der Waals surface area (Å²) in [7, 11) is 0. The van der Waals surface area contributed by atoms with E-state index in [2.05, 4.69) is 13.8 Å². The van der Waals surface area contributed by atoms with Gasteiger partial charge in [0.05, 0.1) is 13.2 Å². The van der Waals surface area contributed by atoms with Crippen molar-refractivity contribution in [2.24, 2.45) is 5.92 Å². The Hall–Kier alpha value is -0.0800. The molecule has 0 saturated carbocycles. The van der Waals surface area contributed by atoms with Crippen molar-refractivity contribution in [2.75, 3.05) is 13.2 Å². The van der Waals surface area contributed by atoms with Gasteiger partial charge < -0.3 is 9.47 Å². The van der Waals surface area contributed by atoms with Crippen molar-refractivity contribution in [3.8, 4) is 0 Å².